The number of hydrogen-bond donors (Lipinski definition) is 3. The van der Waals surface area contributed by atoms with Gasteiger partial charge in [0.25, 0.3) is 11.5 Å². The highest BCUT2D eigenvalue weighted by Crippen LogP contribution is 2.20. The zero-order valence-corrected chi connectivity index (χ0v) is 11.9. The lowest BCUT2D eigenvalue weighted by atomic mass is 10.3. The number of carbonyl (C=O) groups excluding carboxylic acids is 2. The summed E-state index contributed by atoms with van der Waals surface area (Å²) in [6.07, 6.45) is 0. The van der Waals surface area contributed by atoms with Crippen LogP contribution in [0.5, 0.6) is 0 Å². The van der Waals surface area contributed by atoms with Gasteiger partial charge in [0, 0.05) is 11.0 Å². The minimum absolute atomic E-state index is 0.0540. The molecule has 7 nitrogen and oxygen atoms in total. The Bertz CT molecular complexity index is 730. The van der Waals surface area contributed by atoms with Crippen LogP contribution >= 0.6 is 11.8 Å². The minimum atomic E-state index is -0.680. The molecule has 1 heterocycles. The number of rotatable bonds is 4. The van der Waals surface area contributed by atoms with E-state index in [9.17, 15) is 18.8 Å². The van der Waals surface area contributed by atoms with Crippen molar-refractivity contribution in [3.63, 3.8) is 0 Å². The van der Waals surface area contributed by atoms with Gasteiger partial charge in [0.1, 0.15) is 5.82 Å². The van der Waals surface area contributed by atoms with Crippen molar-refractivity contribution in [3.05, 3.63) is 58.3 Å². The van der Waals surface area contributed by atoms with Gasteiger partial charge in [-0.2, -0.15) is 5.10 Å². The Hall–Kier alpha value is -2.68. The van der Waals surface area contributed by atoms with Crippen LogP contribution in [-0.2, 0) is 4.79 Å². The summed E-state index contributed by atoms with van der Waals surface area (Å²) in [7, 11) is 0. The van der Waals surface area contributed by atoms with E-state index < -0.39 is 23.2 Å². The van der Waals surface area contributed by atoms with Crippen molar-refractivity contribution in [1.29, 1.82) is 0 Å². The molecule has 114 valence electrons. The molecule has 1 aromatic heterocycles. The number of carbonyl (C=O) groups is 2. The molecule has 0 spiro atoms. The van der Waals surface area contributed by atoms with Crippen molar-refractivity contribution < 1.29 is 14.0 Å². The van der Waals surface area contributed by atoms with Gasteiger partial charge < -0.3 is 0 Å². The molecule has 2 amide bonds. The molecule has 0 atom stereocenters. The number of nitrogens with zero attached hydrogens (tertiary/aromatic N) is 1. The first-order valence-corrected chi connectivity index (χ1v) is 7.07. The Morgan fingerprint density at radius 3 is 2.64 bits per heavy atom. The summed E-state index contributed by atoms with van der Waals surface area (Å²) in [4.78, 5) is 34.3. The Balaban J connectivity index is 1.80. The van der Waals surface area contributed by atoms with Crippen LogP contribution < -0.4 is 16.4 Å². The molecular formula is C13H11FN4O3S. The van der Waals surface area contributed by atoms with Crippen molar-refractivity contribution in [2.75, 3.05) is 5.75 Å². The van der Waals surface area contributed by atoms with Gasteiger partial charge in [0.15, 0.2) is 5.69 Å². The third-order valence-corrected chi connectivity index (χ3v) is 3.47. The van der Waals surface area contributed by atoms with Crippen LogP contribution in [-0.4, -0.2) is 27.8 Å². The Morgan fingerprint density at radius 2 is 1.95 bits per heavy atom. The first-order chi connectivity index (χ1) is 10.6. The largest absolute Gasteiger partial charge is 0.290 e. The van der Waals surface area contributed by atoms with E-state index in [-0.39, 0.29) is 11.4 Å². The second-order valence-electron chi connectivity index (χ2n) is 4.03. The van der Waals surface area contributed by atoms with E-state index in [1.165, 1.54) is 12.1 Å². The number of thioether (sulfide) groups is 1. The van der Waals surface area contributed by atoms with E-state index in [1.807, 2.05) is 0 Å². The zero-order valence-electron chi connectivity index (χ0n) is 11.1. The Morgan fingerprint density at radius 1 is 1.18 bits per heavy atom. The number of amides is 2. The maximum atomic E-state index is 13.3. The van der Waals surface area contributed by atoms with E-state index in [0.29, 0.717) is 4.90 Å². The fraction of sp³-hybridized carbons (Fsp3) is 0.0769. The number of H-pyrrole nitrogens is 1. The van der Waals surface area contributed by atoms with E-state index in [4.69, 9.17) is 0 Å². The third-order valence-electron chi connectivity index (χ3n) is 2.42. The van der Waals surface area contributed by atoms with Crippen molar-refractivity contribution in [2.45, 2.75) is 4.90 Å². The molecule has 0 aliphatic carbocycles. The SMILES string of the molecule is O=C(CSc1ccccc1F)NNC(=O)c1ccc(=O)[nH]n1. The van der Waals surface area contributed by atoms with E-state index in [1.54, 1.807) is 18.2 Å². The molecule has 0 radical (unpaired) electrons. The lowest BCUT2D eigenvalue weighted by Gasteiger charge is -2.06. The second kappa shape index (κ2) is 7.36. The molecule has 0 fully saturated rings. The number of benzene rings is 1. The predicted octanol–water partition coefficient (Wildman–Crippen LogP) is 0.462. The molecule has 0 bridgehead atoms. The lowest BCUT2D eigenvalue weighted by Crippen LogP contribution is -2.43. The van der Waals surface area contributed by atoms with Gasteiger partial charge in [-0.05, 0) is 18.2 Å². The molecule has 3 N–H and O–H groups in total. The minimum Gasteiger partial charge on any atom is -0.272 e. The smallest absolute Gasteiger partial charge is 0.272 e. The summed E-state index contributed by atoms with van der Waals surface area (Å²) in [5.41, 5.74) is 3.81. The first-order valence-electron chi connectivity index (χ1n) is 6.08. The van der Waals surface area contributed by atoms with Crippen LogP contribution in [0.15, 0.2) is 46.1 Å². The van der Waals surface area contributed by atoms with Gasteiger partial charge in [0.05, 0.1) is 5.75 Å². The monoisotopic (exact) mass is 322 g/mol. The standard InChI is InChI=1S/C13H11FN4O3S/c14-8-3-1-2-4-10(8)22-7-12(20)17-18-13(21)9-5-6-11(19)16-15-9/h1-6H,7H2,(H,16,19)(H,17,20)(H,18,21). The molecule has 0 unspecified atom stereocenters. The highest BCUT2D eigenvalue weighted by atomic mass is 32.2. The number of aromatic nitrogens is 2. The molecule has 0 saturated heterocycles. The summed E-state index contributed by atoms with van der Waals surface area (Å²) in [6, 6.07) is 8.41. The number of nitrogens with one attached hydrogen (secondary N) is 3. The van der Waals surface area contributed by atoms with Crippen molar-refractivity contribution in [3.8, 4) is 0 Å². The van der Waals surface area contributed by atoms with Crippen LogP contribution in [0.25, 0.3) is 0 Å². The predicted molar refractivity (Wildman–Crippen MR) is 77.6 cm³/mol. The molecule has 2 aromatic rings. The average Bonchev–Trinajstić information content (AvgIpc) is 2.52. The van der Waals surface area contributed by atoms with Gasteiger partial charge in [-0.3, -0.25) is 25.2 Å². The molecule has 2 rings (SSSR count). The third kappa shape index (κ3) is 4.42. The fourth-order valence-corrected chi connectivity index (χ4v) is 2.14. The highest BCUT2D eigenvalue weighted by molar-refractivity contribution is 8.00. The van der Waals surface area contributed by atoms with Gasteiger partial charge in [0.2, 0.25) is 5.91 Å². The average molecular weight is 322 g/mol. The van der Waals surface area contributed by atoms with Crippen LogP contribution in [0.3, 0.4) is 0 Å². The summed E-state index contributed by atoms with van der Waals surface area (Å²) in [5.74, 6) is -1.67. The number of hydrogen-bond acceptors (Lipinski definition) is 5. The number of hydrazine groups is 1. The molecule has 0 aliphatic rings. The van der Waals surface area contributed by atoms with Gasteiger partial charge in [-0.25, -0.2) is 9.49 Å². The van der Waals surface area contributed by atoms with Crippen molar-refractivity contribution in [1.82, 2.24) is 21.0 Å². The molecular weight excluding hydrogens is 311 g/mol. The number of halogens is 1. The Labute approximate surface area is 128 Å². The second-order valence-corrected chi connectivity index (χ2v) is 5.05. The normalized spacial score (nSPS) is 10.0. The molecule has 1 aromatic carbocycles. The molecule has 0 saturated carbocycles. The summed E-state index contributed by atoms with van der Waals surface area (Å²) in [6.45, 7) is 0. The van der Waals surface area contributed by atoms with Crippen LogP contribution in [0.2, 0.25) is 0 Å². The summed E-state index contributed by atoms with van der Waals surface area (Å²) in [5, 5.41) is 5.60. The summed E-state index contributed by atoms with van der Waals surface area (Å²) >= 11 is 1.00. The fourth-order valence-electron chi connectivity index (χ4n) is 1.40. The first kappa shape index (κ1) is 15.7. The van der Waals surface area contributed by atoms with Gasteiger partial charge in [-0.15, -0.1) is 11.8 Å². The van der Waals surface area contributed by atoms with E-state index in [0.717, 1.165) is 17.8 Å². The highest BCUT2D eigenvalue weighted by Gasteiger charge is 2.10. The number of aromatic amines is 1. The van der Waals surface area contributed by atoms with Crippen molar-refractivity contribution in [2.24, 2.45) is 0 Å². The van der Waals surface area contributed by atoms with Crippen molar-refractivity contribution >= 4 is 23.6 Å². The molecule has 22 heavy (non-hydrogen) atoms. The molecule has 9 heteroatoms. The molecule has 0 aliphatic heterocycles. The van der Waals surface area contributed by atoms with Gasteiger partial charge in [-0.1, -0.05) is 12.1 Å². The maximum absolute atomic E-state index is 13.3. The van der Waals surface area contributed by atoms with Crippen LogP contribution in [0, 0.1) is 5.82 Å². The summed E-state index contributed by atoms with van der Waals surface area (Å²) < 4.78 is 13.3. The van der Waals surface area contributed by atoms with E-state index >= 15 is 0 Å². The van der Waals surface area contributed by atoms with Crippen LogP contribution in [0.1, 0.15) is 10.5 Å². The lowest BCUT2D eigenvalue weighted by molar-refractivity contribution is -0.119. The Kier molecular flexibility index (Phi) is 5.26. The van der Waals surface area contributed by atoms with Gasteiger partial charge >= 0.3 is 0 Å². The maximum Gasteiger partial charge on any atom is 0.290 e. The van der Waals surface area contributed by atoms with E-state index in [2.05, 4.69) is 21.0 Å². The topological polar surface area (TPSA) is 104 Å². The quantitative estimate of drug-likeness (QED) is 0.560. The van der Waals surface area contributed by atoms with Crippen LogP contribution in [0.4, 0.5) is 4.39 Å². The zero-order chi connectivity index (χ0) is 15.9.